The molecule has 0 spiro atoms. The predicted molar refractivity (Wildman–Crippen MR) is 78.7 cm³/mol. The first kappa shape index (κ1) is 16.1. The second-order valence-corrected chi connectivity index (χ2v) is 4.85. The Kier molecular flexibility index (Phi) is 5.85. The molecule has 1 aliphatic heterocycles. The summed E-state index contributed by atoms with van der Waals surface area (Å²) in [6.07, 6.45) is -0.622. The monoisotopic (exact) mass is 314 g/mol. The highest BCUT2D eigenvalue weighted by atomic mass is 35.5. The van der Waals surface area contributed by atoms with Gasteiger partial charge in [0.15, 0.2) is 17.3 Å². The zero-order valence-corrected chi connectivity index (χ0v) is 12.9. The Bertz CT molecular complexity index is 497. The van der Waals surface area contributed by atoms with E-state index in [1.807, 2.05) is 13.8 Å². The van der Waals surface area contributed by atoms with E-state index in [9.17, 15) is 4.79 Å². The van der Waals surface area contributed by atoms with Gasteiger partial charge in [-0.3, -0.25) is 4.79 Å². The molecular formula is C15H19ClO5. The average Bonchev–Trinajstić information content (AvgIpc) is 2.50. The van der Waals surface area contributed by atoms with Crippen molar-refractivity contribution in [3.8, 4) is 11.5 Å². The molecule has 1 unspecified atom stereocenters. The Balaban J connectivity index is 2.29. The quantitative estimate of drug-likeness (QED) is 0.756. The highest BCUT2D eigenvalue weighted by molar-refractivity contribution is 6.34. The molecule has 1 aromatic rings. The van der Waals surface area contributed by atoms with Crippen molar-refractivity contribution >= 4 is 17.4 Å². The van der Waals surface area contributed by atoms with E-state index in [4.69, 9.17) is 30.5 Å². The normalized spacial score (nSPS) is 18.3. The molecule has 116 valence electrons. The fraction of sp³-hybridized carbons (Fsp3) is 0.533. The van der Waals surface area contributed by atoms with E-state index in [-0.39, 0.29) is 12.4 Å². The van der Waals surface area contributed by atoms with Gasteiger partial charge in [0.05, 0.1) is 38.1 Å². The van der Waals surface area contributed by atoms with Gasteiger partial charge in [-0.1, -0.05) is 11.6 Å². The summed E-state index contributed by atoms with van der Waals surface area (Å²) in [7, 11) is 0. The zero-order chi connectivity index (χ0) is 15.2. The third-order valence-electron chi connectivity index (χ3n) is 3.01. The summed E-state index contributed by atoms with van der Waals surface area (Å²) >= 11 is 6.20. The van der Waals surface area contributed by atoms with E-state index >= 15 is 0 Å². The van der Waals surface area contributed by atoms with E-state index in [0.29, 0.717) is 48.5 Å². The summed E-state index contributed by atoms with van der Waals surface area (Å²) < 4.78 is 21.7. The van der Waals surface area contributed by atoms with E-state index < -0.39 is 6.10 Å². The smallest absolute Gasteiger partial charge is 0.195 e. The molecule has 6 heteroatoms. The maximum atomic E-state index is 12.5. The van der Waals surface area contributed by atoms with Gasteiger partial charge in [-0.15, -0.1) is 0 Å². The lowest BCUT2D eigenvalue weighted by Crippen LogP contribution is -2.35. The van der Waals surface area contributed by atoms with Crippen molar-refractivity contribution in [1.82, 2.24) is 0 Å². The van der Waals surface area contributed by atoms with Crippen LogP contribution in [0.15, 0.2) is 12.1 Å². The van der Waals surface area contributed by atoms with E-state index in [1.54, 1.807) is 12.1 Å². The SMILES string of the molecule is CCOc1cc(Cl)c(C(=O)C2COCCO2)cc1OCC. The number of carbonyl (C=O) groups is 1. The average molecular weight is 315 g/mol. The third kappa shape index (κ3) is 3.87. The largest absolute Gasteiger partial charge is 0.490 e. The summed E-state index contributed by atoms with van der Waals surface area (Å²) in [6, 6.07) is 3.21. The van der Waals surface area contributed by atoms with Crippen LogP contribution in [0.25, 0.3) is 0 Å². The Morgan fingerprint density at radius 3 is 2.48 bits per heavy atom. The van der Waals surface area contributed by atoms with Crippen molar-refractivity contribution in [2.75, 3.05) is 33.0 Å². The van der Waals surface area contributed by atoms with Crippen molar-refractivity contribution in [3.63, 3.8) is 0 Å². The van der Waals surface area contributed by atoms with Gasteiger partial charge in [0.25, 0.3) is 0 Å². The van der Waals surface area contributed by atoms with Crippen LogP contribution in [0, 0.1) is 0 Å². The Labute approximate surface area is 129 Å². The molecule has 1 aromatic carbocycles. The number of hydrogen-bond donors (Lipinski definition) is 0. The maximum absolute atomic E-state index is 12.5. The molecule has 0 radical (unpaired) electrons. The van der Waals surface area contributed by atoms with Gasteiger partial charge in [0, 0.05) is 11.6 Å². The van der Waals surface area contributed by atoms with Gasteiger partial charge in [0.2, 0.25) is 0 Å². The van der Waals surface area contributed by atoms with E-state index in [1.165, 1.54) is 0 Å². The molecule has 5 nitrogen and oxygen atoms in total. The standard InChI is InChI=1S/C15H19ClO5/c1-3-19-12-7-10(11(16)8-13(12)20-4-2)15(17)14-9-18-5-6-21-14/h7-8,14H,3-6,9H2,1-2H3. The molecule has 0 aromatic heterocycles. The van der Waals surface area contributed by atoms with Crippen molar-refractivity contribution in [3.05, 3.63) is 22.7 Å². The minimum absolute atomic E-state index is 0.205. The lowest BCUT2D eigenvalue weighted by atomic mass is 10.1. The fourth-order valence-corrected chi connectivity index (χ4v) is 2.32. The lowest BCUT2D eigenvalue weighted by molar-refractivity contribution is -0.0719. The maximum Gasteiger partial charge on any atom is 0.195 e. The molecule has 0 bridgehead atoms. The van der Waals surface area contributed by atoms with Crippen molar-refractivity contribution in [2.24, 2.45) is 0 Å². The van der Waals surface area contributed by atoms with Crippen LogP contribution in [0.5, 0.6) is 11.5 Å². The molecule has 1 aliphatic rings. The zero-order valence-electron chi connectivity index (χ0n) is 12.2. The number of ketones is 1. The van der Waals surface area contributed by atoms with Crippen LogP contribution in [-0.2, 0) is 9.47 Å². The van der Waals surface area contributed by atoms with Crippen LogP contribution >= 0.6 is 11.6 Å². The molecule has 1 atom stereocenters. The molecule has 21 heavy (non-hydrogen) atoms. The number of halogens is 1. The molecule has 1 saturated heterocycles. The second kappa shape index (κ2) is 7.64. The topological polar surface area (TPSA) is 54.0 Å². The number of hydrogen-bond acceptors (Lipinski definition) is 5. The van der Waals surface area contributed by atoms with Gasteiger partial charge < -0.3 is 18.9 Å². The van der Waals surface area contributed by atoms with Crippen LogP contribution in [0.4, 0.5) is 0 Å². The van der Waals surface area contributed by atoms with Crippen LogP contribution in [0.2, 0.25) is 5.02 Å². The van der Waals surface area contributed by atoms with Crippen LogP contribution in [0.3, 0.4) is 0 Å². The predicted octanol–water partition coefficient (Wildman–Crippen LogP) is 2.74. The van der Waals surface area contributed by atoms with Crippen LogP contribution < -0.4 is 9.47 Å². The second-order valence-electron chi connectivity index (χ2n) is 4.44. The molecular weight excluding hydrogens is 296 g/mol. The first-order valence-corrected chi connectivity index (χ1v) is 7.37. The van der Waals surface area contributed by atoms with Gasteiger partial charge >= 0.3 is 0 Å². The summed E-state index contributed by atoms with van der Waals surface area (Å²) in [5, 5.41) is 0.320. The molecule has 0 amide bonds. The third-order valence-corrected chi connectivity index (χ3v) is 3.32. The summed E-state index contributed by atoms with van der Waals surface area (Å²) in [4.78, 5) is 12.5. The fourth-order valence-electron chi connectivity index (χ4n) is 2.07. The van der Waals surface area contributed by atoms with Gasteiger partial charge in [-0.05, 0) is 19.9 Å². The van der Waals surface area contributed by atoms with Crippen molar-refractivity contribution in [1.29, 1.82) is 0 Å². The number of ether oxygens (including phenoxy) is 4. The molecule has 0 aliphatic carbocycles. The highest BCUT2D eigenvalue weighted by Crippen LogP contribution is 2.34. The van der Waals surface area contributed by atoms with Crippen molar-refractivity contribution < 1.29 is 23.7 Å². The Morgan fingerprint density at radius 1 is 1.24 bits per heavy atom. The Morgan fingerprint density at radius 2 is 1.90 bits per heavy atom. The first-order valence-electron chi connectivity index (χ1n) is 7.00. The minimum atomic E-state index is -0.622. The van der Waals surface area contributed by atoms with Gasteiger partial charge in [-0.25, -0.2) is 0 Å². The van der Waals surface area contributed by atoms with Gasteiger partial charge in [-0.2, -0.15) is 0 Å². The van der Waals surface area contributed by atoms with E-state index in [2.05, 4.69) is 0 Å². The molecule has 0 N–H and O–H groups in total. The highest BCUT2D eigenvalue weighted by Gasteiger charge is 2.27. The van der Waals surface area contributed by atoms with E-state index in [0.717, 1.165) is 0 Å². The molecule has 0 saturated carbocycles. The molecule has 1 fully saturated rings. The number of Topliss-reactive ketones (excluding diaryl/α,β-unsaturated/α-hetero) is 1. The Hall–Kier alpha value is -1.30. The first-order chi connectivity index (χ1) is 10.2. The summed E-state index contributed by atoms with van der Waals surface area (Å²) in [5.41, 5.74) is 0.360. The number of benzene rings is 1. The number of rotatable bonds is 6. The number of carbonyl (C=O) groups excluding carboxylic acids is 1. The van der Waals surface area contributed by atoms with Crippen molar-refractivity contribution in [2.45, 2.75) is 20.0 Å². The molecule has 2 rings (SSSR count). The lowest BCUT2D eigenvalue weighted by Gasteiger charge is -2.22. The summed E-state index contributed by atoms with van der Waals surface area (Å²) in [5.74, 6) is 0.828. The van der Waals surface area contributed by atoms with Gasteiger partial charge in [0.1, 0.15) is 6.10 Å². The van der Waals surface area contributed by atoms with Crippen LogP contribution in [-0.4, -0.2) is 44.9 Å². The summed E-state index contributed by atoms with van der Waals surface area (Å²) in [6.45, 7) is 5.85. The molecule has 1 heterocycles. The minimum Gasteiger partial charge on any atom is -0.490 e. The van der Waals surface area contributed by atoms with Crippen LogP contribution in [0.1, 0.15) is 24.2 Å².